The molecule has 1 heterocycles. The Hall–Kier alpha value is -1.24. The molecule has 0 spiro atoms. The quantitative estimate of drug-likeness (QED) is 0.747. The molecule has 0 aromatic heterocycles. The van der Waals surface area contributed by atoms with E-state index in [2.05, 4.69) is 77.2 Å². The molecule has 20 heavy (non-hydrogen) atoms. The van der Waals surface area contributed by atoms with Crippen LogP contribution in [0, 0.1) is 10.8 Å². The van der Waals surface area contributed by atoms with Crippen LogP contribution in [0.3, 0.4) is 0 Å². The maximum Gasteiger partial charge on any atom is 0.0452 e. The van der Waals surface area contributed by atoms with Gasteiger partial charge in [-0.05, 0) is 46.9 Å². The second-order valence-electron chi connectivity index (χ2n) is 8.53. The average Bonchev–Trinajstić information content (AvgIpc) is 2.25. The van der Waals surface area contributed by atoms with Crippen LogP contribution in [0.4, 0.5) is 5.69 Å². The van der Waals surface area contributed by atoms with E-state index in [1.165, 1.54) is 16.8 Å². The van der Waals surface area contributed by atoms with Gasteiger partial charge in [0.25, 0.3) is 0 Å². The number of hydrogen-bond donors (Lipinski definition) is 1. The van der Waals surface area contributed by atoms with E-state index in [0.29, 0.717) is 16.9 Å². The zero-order valence-electron chi connectivity index (χ0n) is 13.9. The number of benzene rings is 1. The molecule has 1 aromatic carbocycles. The van der Waals surface area contributed by atoms with E-state index in [4.69, 9.17) is 0 Å². The molecule has 0 aliphatic carbocycles. The first-order valence-corrected chi connectivity index (χ1v) is 7.70. The van der Waals surface area contributed by atoms with Gasteiger partial charge in [-0.3, -0.25) is 0 Å². The number of hydrogen-bond acceptors (Lipinski definition) is 1. The summed E-state index contributed by atoms with van der Waals surface area (Å²) in [4.78, 5) is 0. The third kappa shape index (κ3) is 4.40. The number of rotatable bonds is 2. The van der Waals surface area contributed by atoms with Crippen molar-refractivity contribution in [1.29, 1.82) is 0 Å². The molecule has 1 atom stereocenters. The first kappa shape index (κ1) is 15.2. The summed E-state index contributed by atoms with van der Waals surface area (Å²) in [6, 6.07) is 7.30. The molecule has 1 aliphatic heterocycles. The Kier molecular flexibility index (Phi) is 4.00. The van der Waals surface area contributed by atoms with Crippen molar-refractivity contribution in [1.82, 2.24) is 0 Å². The Morgan fingerprint density at radius 1 is 1.00 bits per heavy atom. The molecule has 1 N–H and O–H groups in total. The monoisotopic (exact) mass is 271 g/mol. The fraction of sp³-hybridized carbons (Fsp3) is 0.579. The van der Waals surface area contributed by atoms with Gasteiger partial charge in [-0.15, -0.1) is 0 Å². The molecule has 1 heteroatoms. The Morgan fingerprint density at radius 2 is 1.70 bits per heavy atom. The predicted molar refractivity (Wildman–Crippen MR) is 90.1 cm³/mol. The molecule has 0 radical (unpaired) electrons. The van der Waals surface area contributed by atoms with Gasteiger partial charge in [0.05, 0.1) is 0 Å². The summed E-state index contributed by atoms with van der Waals surface area (Å²) < 4.78 is 0. The minimum atomic E-state index is 0.342. The van der Waals surface area contributed by atoms with Crippen molar-refractivity contribution in [3.05, 3.63) is 35.4 Å². The van der Waals surface area contributed by atoms with Crippen molar-refractivity contribution in [3.63, 3.8) is 0 Å². The van der Waals surface area contributed by atoms with E-state index in [-0.39, 0.29) is 0 Å². The highest BCUT2D eigenvalue weighted by Crippen LogP contribution is 2.31. The maximum absolute atomic E-state index is 3.66. The third-order valence-electron chi connectivity index (χ3n) is 3.53. The molecule has 1 nitrogen and oxygen atoms in total. The van der Waals surface area contributed by atoms with E-state index in [0.717, 1.165) is 12.8 Å². The Labute approximate surface area is 124 Å². The molecule has 0 saturated heterocycles. The van der Waals surface area contributed by atoms with Crippen LogP contribution < -0.4 is 5.32 Å². The molecule has 110 valence electrons. The molecule has 2 rings (SSSR count). The highest BCUT2D eigenvalue weighted by atomic mass is 14.9. The summed E-state index contributed by atoms with van der Waals surface area (Å²) in [6.07, 6.45) is 6.88. The SMILES string of the molecule is CC(C)(C)Cc1ccc2c(c1)C=CC(CC(C)(C)C)N2. The van der Waals surface area contributed by atoms with Gasteiger partial charge in [-0.1, -0.05) is 59.8 Å². The molecular formula is C19H29N. The van der Waals surface area contributed by atoms with Crippen LogP contribution in [0.5, 0.6) is 0 Å². The van der Waals surface area contributed by atoms with Gasteiger partial charge in [0.1, 0.15) is 0 Å². The van der Waals surface area contributed by atoms with Crippen LogP contribution in [0.2, 0.25) is 0 Å². The van der Waals surface area contributed by atoms with Gasteiger partial charge in [-0.25, -0.2) is 0 Å². The van der Waals surface area contributed by atoms with Gasteiger partial charge >= 0.3 is 0 Å². The first-order valence-electron chi connectivity index (χ1n) is 7.70. The molecule has 0 bridgehead atoms. The Balaban J connectivity index is 2.13. The first-order chi connectivity index (χ1) is 9.12. The second-order valence-corrected chi connectivity index (χ2v) is 8.53. The molecular weight excluding hydrogens is 242 g/mol. The molecule has 0 fully saturated rings. The number of nitrogens with one attached hydrogen (secondary N) is 1. The summed E-state index contributed by atoms with van der Waals surface area (Å²) in [5.41, 5.74) is 4.73. The summed E-state index contributed by atoms with van der Waals surface area (Å²) in [7, 11) is 0. The molecule has 0 amide bonds. The van der Waals surface area contributed by atoms with E-state index < -0.39 is 0 Å². The van der Waals surface area contributed by atoms with Gasteiger partial charge in [0.15, 0.2) is 0 Å². The van der Waals surface area contributed by atoms with Crippen molar-refractivity contribution >= 4 is 11.8 Å². The number of anilines is 1. The Bertz CT molecular complexity index is 497. The lowest BCUT2D eigenvalue weighted by molar-refractivity contribution is 0.368. The van der Waals surface area contributed by atoms with Gasteiger partial charge in [0.2, 0.25) is 0 Å². The minimum absolute atomic E-state index is 0.342. The Morgan fingerprint density at radius 3 is 2.30 bits per heavy atom. The van der Waals surface area contributed by atoms with Gasteiger partial charge < -0.3 is 5.32 Å². The topological polar surface area (TPSA) is 12.0 Å². The van der Waals surface area contributed by atoms with E-state index in [9.17, 15) is 0 Å². The molecule has 1 unspecified atom stereocenters. The summed E-state index contributed by atoms with van der Waals surface area (Å²) in [5.74, 6) is 0. The molecule has 1 aromatic rings. The van der Waals surface area contributed by atoms with Crippen LogP contribution in [0.25, 0.3) is 6.08 Å². The summed E-state index contributed by atoms with van der Waals surface area (Å²) >= 11 is 0. The van der Waals surface area contributed by atoms with Crippen LogP contribution in [0.15, 0.2) is 24.3 Å². The summed E-state index contributed by atoms with van der Waals surface area (Å²) in [6.45, 7) is 13.8. The van der Waals surface area contributed by atoms with Gasteiger partial charge in [0, 0.05) is 11.7 Å². The third-order valence-corrected chi connectivity index (χ3v) is 3.53. The van der Waals surface area contributed by atoms with Crippen LogP contribution in [0.1, 0.15) is 59.1 Å². The van der Waals surface area contributed by atoms with Crippen molar-refractivity contribution in [3.8, 4) is 0 Å². The average molecular weight is 271 g/mol. The zero-order chi connectivity index (χ0) is 15.0. The van der Waals surface area contributed by atoms with Crippen LogP contribution in [-0.2, 0) is 6.42 Å². The van der Waals surface area contributed by atoms with E-state index >= 15 is 0 Å². The molecule has 0 saturated carbocycles. The highest BCUT2D eigenvalue weighted by Gasteiger charge is 2.20. The zero-order valence-corrected chi connectivity index (χ0v) is 13.9. The second kappa shape index (κ2) is 5.27. The van der Waals surface area contributed by atoms with Gasteiger partial charge in [-0.2, -0.15) is 0 Å². The molecule has 1 aliphatic rings. The summed E-state index contributed by atoms with van der Waals surface area (Å²) in [5, 5.41) is 3.66. The smallest absolute Gasteiger partial charge is 0.0452 e. The number of fused-ring (bicyclic) bond motifs is 1. The van der Waals surface area contributed by atoms with Crippen molar-refractivity contribution in [2.45, 2.75) is 60.4 Å². The van der Waals surface area contributed by atoms with Crippen LogP contribution in [-0.4, -0.2) is 6.04 Å². The van der Waals surface area contributed by atoms with Crippen molar-refractivity contribution < 1.29 is 0 Å². The highest BCUT2D eigenvalue weighted by molar-refractivity contribution is 5.71. The van der Waals surface area contributed by atoms with Crippen LogP contribution >= 0.6 is 0 Å². The standard InChI is InChI=1S/C19H29N/c1-18(2,3)12-14-7-10-17-15(11-14)8-9-16(20-17)13-19(4,5)6/h7-11,16,20H,12-13H2,1-6H3. The largest absolute Gasteiger partial charge is 0.378 e. The fourth-order valence-electron chi connectivity index (χ4n) is 2.85. The normalized spacial score (nSPS) is 18.6. The lowest BCUT2D eigenvalue weighted by atomic mass is 9.85. The van der Waals surface area contributed by atoms with Crippen molar-refractivity contribution in [2.24, 2.45) is 10.8 Å². The fourth-order valence-corrected chi connectivity index (χ4v) is 2.85. The van der Waals surface area contributed by atoms with Crippen molar-refractivity contribution in [2.75, 3.05) is 5.32 Å². The minimum Gasteiger partial charge on any atom is -0.378 e. The predicted octanol–water partition coefficient (Wildman–Crippen LogP) is 5.52. The lowest BCUT2D eigenvalue weighted by Gasteiger charge is -2.29. The van der Waals surface area contributed by atoms with E-state index in [1.807, 2.05) is 0 Å². The lowest BCUT2D eigenvalue weighted by Crippen LogP contribution is -2.25. The van der Waals surface area contributed by atoms with E-state index in [1.54, 1.807) is 0 Å². The maximum atomic E-state index is 3.66.